The Morgan fingerprint density at radius 3 is 2.72 bits per heavy atom. The van der Waals surface area contributed by atoms with Crippen molar-refractivity contribution in [3.63, 3.8) is 0 Å². The largest absolute Gasteiger partial charge is 0.378 e. The Labute approximate surface area is 176 Å². The summed E-state index contributed by atoms with van der Waals surface area (Å²) >= 11 is 0. The van der Waals surface area contributed by atoms with Crippen molar-refractivity contribution in [1.82, 2.24) is 15.5 Å². The van der Waals surface area contributed by atoms with Gasteiger partial charge in [0.05, 0.1) is 6.10 Å². The number of rotatable bonds is 9. The fourth-order valence-corrected chi connectivity index (χ4v) is 3.59. The van der Waals surface area contributed by atoms with Crippen LogP contribution < -0.4 is 10.6 Å². The number of benzene rings is 1. The molecule has 6 heteroatoms. The van der Waals surface area contributed by atoms with Gasteiger partial charge in [0.15, 0.2) is 5.96 Å². The zero-order valence-electron chi connectivity index (χ0n) is 18.9. The molecule has 0 aromatic heterocycles. The summed E-state index contributed by atoms with van der Waals surface area (Å²) in [6.07, 6.45) is 4.42. The van der Waals surface area contributed by atoms with E-state index >= 15 is 0 Å². The van der Waals surface area contributed by atoms with Crippen molar-refractivity contribution in [1.29, 1.82) is 0 Å². The van der Waals surface area contributed by atoms with Crippen molar-refractivity contribution in [2.75, 3.05) is 34.3 Å². The molecule has 1 amide bonds. The van der Waals surface area contributed by atoms with Gasteiger partial charge in [-0.15, -0.1) is 0 Å². The number of nitrogens with one attached hydrogen (secondary N) is 2. The molecule has 1 aliphatic rings. The average molecular weight is 403 g/mol. The molecule has 2 unspecified atom stereocenters. The van der Waals surface area contributed by atoms with Crippen LogP contribution in [0.25, 0.3) is 0 Å². The average Bonchev–Trinajstić information content (AvgIpc) is 2.70. The Hall–Kier alpha value is -2.08. The van der Waals surface area contributed by atoms with E-state index in [4.69, 9.17) is 4.74 Å². The van der Waals surface area contributed by atoms with E-state index in [1.54, 1.807) is 26.0 Å². The second-order valence-electron chi connectivity index (χ2n) is 8.62. The van der Waals surface area contributed by atoms with Gasteiger partial charge in [0.1, 0.15) is 0 Å². The van der Waals surface area contributed by atoms with Gasteiger partial charge in [0, 0.05) is 51.3 Å². The molecule has 1 fully saturated rings. The van der Waals surface area contributed by atoms with Gasteiger partial charge < -0.3 is 20.3 Å². The zero-order valence-corrected chi connectivity index (χ0v) is 18.9. The van der Waals surface area contributed by atoms with Crippen molar-refractivity contribution < 1.29 is 9.53 Å². The van der Waals surface area contributed by atoms with Crippen LogP contribution in [0.5, 0.6) is 0 Å². The first-order chi connectivity index (χ1) is 13.8. The third kappa shape index (κ3) is 6.20. The summed E-state index contributed by atoms with van der Waals surface area (Å²) in [5, 5.41) is 6.94. The molecule has 0 saturated heterocycles. The number of unbranched alkanes of at least 4 members (excludes halogenated alkanes) is 1. The van der Waals surface area contributed by atoms with Gasteiger partial charge in [-0.25, -0.2) is 0 Å². The molecule has 29 heavy (non-hydrogen) atoms. The minimum atomic E-state index is 0.0280. The van der Waals surface area contributed by atoms with Gasteiger partial charge in [-0.1, -0.05) is 39.3 Å². The van der Waals surface area contributed by atoms with E-state index in [1.807, 2.05) is 18.2 Å². The highest BCUT2D eigenvalue weighted by atomic mass is 16.5. The molecule has 1 saturated carbocycles. The van der Waals surface area contributed by atoms with Gasteiger partial charge in [-0.05, 0) is 37.0 Å². The lowest BCUT2D eigenvalue weighted by molar-refractivity contribution is -0.113. The molecule has 0 radical (unpaired) electrons. The van der Waals surface area contributed by atoms with Gasteiger partial charge >= 0.3 is 0 Å². The molecule has 0 bridgehead atoms. The van der Waals surface area contributed by atoms with Crippen molar-refractivity contribution in [3.05, 3.63) is 35.4 Å². The first-order valence-electron chi connectivity index (χ1n) is 10.7. The van der Waals surface area contributed by atoms with Gasteiger partial charge in [-0.3, -0.25) is 9.79 Å². The van der Waals surface area contributed by atoms with Crippen LogP contribution in [0.3, 0.4) is 0 Å². The van der Waals surface area contributed by atoms with Crippen LogP contribution in [-0.2, 0) is 11.2 Å². The van der Waals surface area contributed by atoms with Crippen LogP contribution in [0.1, 0.15) is 56.0 Å². The van der Waals surface area contributed by atoms with E-state index in [0.29, 0.717) is 12.1 Å². The van der Waals surface area contributed by atoms with E-state index in [2.05, 4.69) is 42.5 Å². The van der Waals surface area contributed by atoms with Gasteiger partial charge in [-0.2, -0.15) is 0 Å². The van der Waals surface area contributed by atoms with E-state index < -0.39 is 0 Å². The van der Waals surface area contributed by atoms with Crippen LogP contribution >= 0.6 is 0 Å². The summed E-state index contributed by atoms with van der Waals surface area (Å²) < 4.78 is 6.03. The number of amides is 1. The monoisotopic (exact) mass is 402 g/mol. The quantitative estimate of drug-likeness (QED) is 0.378. The summed E-state index contributed by atoms with van der Waals surface area (Å²) in [6.45, 7) is 8.30. The summed E-state index contributed by atoms with van der Waals surface area (Å²) in [5.74, 6) is 0.843. The number of hydrogen-bond acceptors (Lipinski definition) is 3. The van der Waals surface area contributed by atoms with Crippen LogP contribution in [-0.4, -0.2) is 63.2 Å². The van der Waals surface area contributed by atoms with E-state index in [1.165, 1.54) is 0 Å². The maximum Gasteiger partial charge on any atom is 0.253 e. The molecular weight excluding hydrogens is 364 g/mol. The minimum Gasteiger partial charge on any atom is -0.378 e. The molecule has 0 heterocycles. The summed E-state index contributed by atoms with van der Waals surface area (Å²) in [4.78, 5) is 18.1. The minimum absolute atomic E-state index is 0.0280. The second kappa shape index (κ2) is 10.6. The fourth-order valence-electron chi connectivity index (χ4n) is 3.59. The fraction of sp³-hybridized carbons (Fsp3) is 0.652. The molecule has 162 valence electrons. The number of aliphatic imine (C=N–C) groups is 1. The van der Waals surface area contributed by atoms with E-state index in [-0.39, 0.29) is 11.3 Å². The Morgan fingerprint density at radius 1 is 1.34 bits per heavy atom. The number of guanidine groups is 1. The van der Waals surface area contributed by atoms with Crippen LogP contribution in [0.15, 0.2) is 29.3 Å². The van der Waals surface area contributed by atoms with Crippen LogP contribution in [0.2, 0.25) is 0 Å². The third-order valence-electron chi connectivity index (χ3n) is 5.82. The molecule has 1 aliphatic carbocycles. The summed E-state index contributed by atoms with van der Waals surface area (Å²) in [5.41, 5.74) is 1.95. The Bertz CT molecular complexity index is 700. The predicted molar refractivity (Wildman–Crippen MR) is 119 cm³/mol. The zero-order chi connectivity index (χ0) is 21.4. The number of hydrogen-bond donors (Lipinski definition) is 2. The number of nitrogens with zero attached hydrogens (tertiary/aromatic N) is 2. The van der Waals surface area contributed by atoms with Crippen molar-refractivity contribution in [2.24, 2.45) is 10.4 Å². The van der Waals surface area contributed by atoms with Crippen molar-refractivity contribution in [2.45, 2.75) is 58.6 Å². The lowest BCUT2D eigenvalue weighted by Gasteiger charge is -2.52. The van der Waals surface area contributed by atoms with E-state index in [0.717, 1.165) is 55.9 Å². The molecule has 2 N–H and O–H groups in total. The summed E-state index contributed by atoms with van der Waals surface area (Å²) in [6, 6.07) is 8.17. The highest BCUT2D eigenvalue weighted by Crippen LogP contribution is 2.42. The SMILES string of the molecule is CCCCOC1CC(NC(=NC)NCCc2cccc(C(=O)N(C)C)c2)C1(C)C. The first-order valence-corrected chi connectivity index (χ1v) is 10.7. The maximum absolute atomic E-state index is 12.1. The molecule has 2 atom stereocenters. The lowest BCUT2D eigenvalue weighted by Crippen LogP contribution is -2.63. The number of carbonyl (C=O) groups is 1. The predicted octanol–water partition coefficient (Wildman–Crippen LogP) is 3.08. The molecule has 0 aliphatic heterocycles. The van der Waals surface area contributed by atoms with Gasteiger partial charge in [0.2, 0.25) is 0 Å². The Morgan fingerprint density at radius 2 is 2.10 bits per heavy atom. The van der Waals surface area contributed by atoms with Crippen molar-refractivity contribution >= 4 is 11.9 Å². The highest BCUT2D eigenvalue weighted by Gasteiger charge is 2.49. The first kappa shape index (κ1) is 23.2. The summed E-state index contributed by atoms with van der Waals surface area (Å²) in [7, 11) is 5.34. The molecule has 6 nitrogen and oxygen atoms in total. The molecular formula is C23H38N4O2. The third-order valence-corrected chi connectivity index (χ3v) is 5.82. The number of carbonyl (C=O) groups excluding carboxylic acids is 1. The topological polar surface area (TPSA) is 66.0 Å². The maximum atomic E-state index is 12.1. The normalized spacial score (nSPS) is 20.7. The Balaban J connectivity index is 1.80. The Kier molecular flexibility index (Phi) is 8.50. The van der Waals surface area contributed by atoms with Crippen LogP contribution in [0, 0.1) is 5.41 Å². The highest BCUT2D eigenvalue weighted by molar-refractivity contribution is 5.94. The standard InChI is InChI=1S/C23H38N4O2/c1-7-8-14-29-20-16-19(23(20,2)3)26-22(24-4)25-13-12-17-10-9-11-18(15-17)21(28)27(5)6/h9-11,15,19-20H,7-8,12-14,16H2,1-6H3,(H2,24,25,26). The molecule has 1 aromatic rings. The van der Waals surface area contributed by atoms with Gasteiger partial charge in [0.25, 0.3) is 5.91 Å². The van der Waals surface area contributed by atoms with Crippen molar-refractivity contribution in [3.8, 4) is 0 Å². The second-order valence-corrected chi connectivity index (χ2v) is 8.62. The smallest absolute Gasteiger partial charge is 0.253 e. The lowest BCUT2D eigenvalue weighted by atomic mass is 9.64. The molecule has 2 rings (SSSR count). The molecule has 1 aromatic carbocycles. The number of ether oxygens (including phenoxy) is 1. The van der Waals surface area contributed by atoms with E-state index in [9.17, 15) is 4.79 Å². The molecule has 0 spiro atoms. The van der Waals surface area contributed by atoms with Crippen LogP contribution in [0.4, 0.5) is 0 Å².